The molecule has 114 valence electrons. The van der Waals surface area contributed by atoms with E-state index in [1.54, 1.807) is 7.11 Å². The number of amides is 1. The van der Waals surface area contributed by atoms with Gasteiger partial charge in [-0.2, -0.15) is 11.8 Å². The molecule has 2 atom stereocenters. The number of hydrogen-bond acceptors (Lipinski definition) is 4. The predicted molar refractivity (Wildman–Crippen MR) is 87.2 cm³/mol. The van der Waals surface area contributed by atoms with Gasteiger partial charge in [0, 0.05) is 30.1 Å². The predicted octanol–water partition coefficient (Wildman–Crippen LogP) is 2.29. The normalized spacial score (nSPS) is 26.1. The van der Waals surface area contributed by atoms with Gasteiger partial charge >= 0.3 is 0 Å². The maximum Gasteiger partial charge on any atom is 0.244 e. The lowest BCUT2D eigenvalue weighted by molar-refractivity contribution is -0.121. The number of carbonyl (C=O) groups excluding carboxylic acids is 1. The molecule has 0 unspecified atom stereocenters. The third kappa shape index (κ3) is 3.35. The van der Waals surface area contributed by atoms with E-state index in [4.69, 9.17) is 4.74 Å². The molecule has 2 aliphatic rings. The van der Waals surface area contributed by atoms with E-state index >= 15 is 0 Å². The topological polar surface area (TPSA) is 41.6 Å². The standard InChI is InChI=1S/C16H22N2O2S/c1-20-14-5-2-4-13(10-14)18-8-3-6-15(16(18)19)17-12-7-9-21-11-12/h2,4-5,10,12,15,17H,3,6-9,11H2,1H3/t12-,15+/m0/s1. The Hall–Kier alpha value is -1.20. The van der Waals surface area contributed by atoms with Gasteiger partial charge in [-0.3, -0.25) is 4.79 Å². The Morgan fingerprint density at radius 3 is 3.05 bits per heavy atom. The van der Waals surface area contributed by atoms with E-state index in [1.165, 1.54) is 12.2 Å². The number of nitrogens with one attached hydrogen (secondary N) is 1. The van der Waals surface area contributed by atoms with Crippen LogP contribution in [0.25, 0.3) is 0 Å². The van der Waals surface area contributed by atoms with Gasteiger partial charge < -0.3 is 15.0 Å². The van der Waals surface area contributed by atoms with Crippen LogP contribution in [0, 0.1) is 0 Å². The Morgan fingerprint density at radius 1 is 1.38 bits per heavy atom. The van der Waals surface area contributed by atoms with Crippen molar-refractivity contribution >= 4 is 23.4 Å². The van der Waals surface area contributed by atoms with Gasteiger partial charge in [-0.15, -0.1) is 0 Å². The van der Waals surface area contributed by atoms with E-state index in [-0.39, 0.29) is 11.9 Å². The van der Waals surface area contributed by atoms with E-state index in [2.05, 4.69) is 5.32 Å². The summed E-state index contributed by atoms with van der Waals surface area (Å²) < 4.78 is 5.26. The van der Waals surface area contributed by atoms with Crippen molar-refractivity contribution in [2.24, 2.45) is 0 Å². The fraction of sp³-hybridized carbons (Fsp3) is 0.562. The van der Waals surface area contributed by atoms with Crippen LogP contribution in [0.2, 0.25) is 0 Å². The molecule has 1 aromatic carbocycles. The lowest BCUT2D eigenvalue weighted by Gasteiger charge is -2.34. The molecular weight excluding hydrogens is 284 g/mol. The lowest BCUT2D eigenvalue weighted by Crippen LogP contribution is -2.53. The SMILES string of the molecule is COc1cccc(N2CCC[C@@H](N[C@H]3CCSC3)C2=O)c1. The van der Waals surface area contributed by atoms with Crippen molar-refractivity contribution in [1.29, 1.82) is 0 Å². The molecule has 4 nitrogen and oxygen atoms in total. The van der Waals surface area contributed by atoms with Crippen LogP contribution in [0.3, 0.4) is 0 Å². The second-order valence-corrected chi connectivity index (χ2v) is 6.76. The Kier molecular flexibility index (Phi) is 4.70. The first-order valence-corrected chi connectivity index (χ1v) is 8.72. The van der Waals surface area contributed by atoms with Crippen molar-refractivity contribution in [3.63, 3.8) is 0 Å². The molecule has 1 N–H and O–H groups in total. The van der Waals surface area contributed by atoms with Crippen LogP contribution in [-0.4, -0.2) is 43.2 Å². The highest BCUT2D eigenvalue weighted by molar-refractivity contribution is 7.99. The largest absolute Gasteiger partial charge is 0.497 e. The van der Waals surface area contributed by atoms with Crippen molar-refractivity contribution in [3.8, 4) is 5.75 Å². The number of rotatable bonds is 4. The Bertz CT molecular complexity index is 503. The third-order valence-corrected chi connectivity index (χ3v) is 5.33. The van der Waals surface area contributed by atoms with Crippen molar-refractivity contribution in [2.45, 2.75) is 31.3 Å². The molecule has 0 bridgehead atoms. The first-order valence-electron chi connectivity index (χ1n) is 7.57. The first-order chi connectivity index (χ1) is 10.3. The number of ether oxygens (including phenoxy) is 1. The quantitative estimate of drug-likeness (QED) is 0.927. The van der Waals surface area contributed by atoms with Crippen molar-refractivity contribution in [2.75, 3.05) is 30.1 Å². The highest BCUT2D eigenvalue weighted by Gasteiger charge is 2.31. The minimum atomic E-state index is -0.0337. The average molecular weight is 306 g/mol. The average Bonchev–Trinajstić information content (AvgIpc) is 3.02. The number of thioether (sulfide) groups is 1. The van der Waals surface area contributed by atoms with Gasteiger partial charge in [-0.05, 0) is 37.1 Å². The molecule has 2 heterocycles. The molecular formula is C16H22N2O2S. The first kappa shape index (κ1) is 14.7. The molecule has 2 aliphatic heterocycles. The second kappa shape index (κ2) is 6.71. The minimum absolute atomic E-state index is 0.0337. The van der Waals surface area contributed by atoms with Crippen LogP contribution < -0.4 is 15.0 Å². The number of methoxy groups -OCH3 is 1. The number of carbonyl (C=O) groups is 1. The molecule has 0 radical (unpaired) electrons. The molecule has 0 aliphatic carbocycles. The third-order valence-electron chi connectivity index (χ3n) is 4.17. The Balaban J connectivity index is 1.71. The van der Waals surface area contributed by atoms with Crippen LogP contribution in [0.1, 0.15) is 19.3 Å². The summed E-state index contributed by atoms with van der Waals surface area (Å²) in [6.07, 6.45) is 3.16. The molecule has 5 heteroatoms. The lowest BCUT2D eigenvalue weighted by atomic mass is 10.0. The molecule has 2 fully saturated rings. The van der Waals surface area contributed by atoms with Gasteiger partial charge in [-0.1, -0.05) is 6.07 Å². The number of anilines is 1. The van der Waals surface area contributed by atoms with Crippen molar-refractivity contribution in [3.05, 3.63) is 24.3 Å². The number of piperidine rings is 1. The van der Waals surface area contributed by atoms with Crippen LogP contribution >= 0.6 is 11.8 Å². The summed E-state index contributed by atoms with van der Waals surface area (Å²) in [4.78, 5) is 14.6. The smallest absolute Gasteiger partial charge is 0.244 e. The maximum atomic E-state index is 12.7. The van der Waals surface area contributed by atoms with Crippen LogP contribution in [0.15, 0.2) is 24.3 Å². The fourth-order valence-electron chi connectivity index (χ4n) is 3.02. The molecule has 21 heavy (non-hydrogen) atoms. The molecule has 3 rings (SSSR count). The van der Waals surface area contributed by atoms with E-state index in [0.29, 0.717) is 6.04 Å². The second-order valence-electron chi connectivity index (χ2n) is 5.61. The highest BCUT2D eigenvalue weighted by Crippen LogP contribution is 2.26. The van der Waals surface area contributed by atoms with E-state index in [0.717, 1.165) is 36.6 Å². The van der Waals surface area contributed by atoms with Gasteiger partial charge in [0.25, 0.3) is 0 Å². The Labute approximate surface area is 130 Å². The van der Waals surface area contributed by atoms with E-state index < -0.39 is 0 Å². The summed E-state index contributed by atoms with van der Waals surface area (Å²) in [5, 5.41) is 3.55. The van der Waals surface area contributed by atoms with Gasteiger partial charge in [-0.25, -0.2) is 0 Å². The van der Waals surface area contributed by atoms with Crippen molar-refractivity contribution < 1.29 is 9.53 Å². The number of nitrogens with zero attached hydrogens (tertiary/aromatic N) is 1. The molecule has 1 aromatic rings. The maximum absolute atomic E-state index is 12.7. The summed E-state index contributed by atoms with van der Waals surface area (Å²) in [7, 11) is 1.65. The van der Waals surface area contributed by atoms with Crippen LogP contribution in [-0.2, 0) is 4.79 Å². The molecule has 1 amide bonds. The zero-order valence-electron chi connectivity index (χ0n) is 12.4. The number of benzene rings is 1. The van der Waals surface area contributed by atoms with Crippen LogP contribution in [0.4, 0.5) is 5.69 Å². The molecule has 0 spiro atoms. The zero-order chi connectivity index (χ0) is 14.7. The summed E-state index contributed by atoms with van der Waals surface area (Å²) in [5.41, 5.74) is 0.937. The van der Waals surface area contributed by atoms with Gasteiger partial charge in [0.1, 0.15) is 5.75 Å². The molecule has 2 saturated heterocycles. The van der Waals surface area contributed by atoms with E-state index in [1.807, 2.05) is 40.9 Å². The summed E-state index contributed by atoms with van der Waals surface area (Å²) in [6, 6.07) is 8.22. The van der Waals surface area contributed by atoms with Gasteiger partial charge in [0.2, 0.25) is 5.91 Å². The number of hydrogen-bond donors (Lipinski definition) is 1. The fourth-order valence-corrected chi connectivity index (χ4v) is 4.18. The van der Waals surface area contributed by atoms with E-state index in [9.17, 15) is 4.79 Å². The highest BCUT2D eigenvalue weighted by atomic mass is 32.2. The summed E-state index contributed by atoms with van der Waals surface area (Å²) >= 11 is 1.97. The molecule has 0 aromatic heterocycles. The van der Waals surface area contributed by atoms with Crippen LogP contribution in [0.5, 0.6) is 5.75 Å². The monoisotopic (exact) mass is 306 g/mol. The summed E-state index contributed by atoms with van der Waals surface area (Å²) in [6.45, 7) is 0.795. The molecule has 0 saturated carbocycles. The van der Waals surface area contributed by atoms with Crippen molar-refractivity contribution in [1.82, 2.24) is 5.32 Å². The zero-order valence-corrected chi connectivity index (χ0v) is 13.2. The van der Waals surface area contributed by atoms with Gasteiger partial charge in [0.15, 0.2) is 0 Å². The Morgan fingerprint density at radius 2 is 2.29 bits per heavy atom. The minimum Gasteiger partial charge on any atom is -0.497 e. The van der Waals surface area contributed by atoms with Gasteiger partial charge in [0.05, 0.1) is 13.2 Å². The summed E-state index contributed by atoms with van der Waals surface area (Å²) in [5.74, 6) is 3.33.